The number of thiophene rings is 1. The number of hydrogen-bond donors (Lipinski definition) is 1. The summed E-state index contributed by atoms with van der Waals surface area (Å²) in [4.78, 5) is 15.2. The molecule has 0 unspecified atom stereocenters. The third-order valence-electron chi connectivity index (χ3n) is 3.35. The molecular formula is C16H20N2OS. The van der Waals surface area contributed by atoms with Crippen LogP contribution in [0.4, 0.5) is 5.69 Å². The highest BCUT2D eigenvalue weighted by Gasteiger charge is 2.11. The largest absolute Gasteiger partial charge is 0.399 e. The number of hydrogen-bond acceptors (Lipinski definition) is 3. The number of anilines is 1. The molecule has 106 valence electrons. The Kier molecular flexibility index (Phi) is 4.79. The number of nitrogen functional groups attached to an aromatic ring is 1. The minimum Gasteiger partial charge on any atom is -0.399 e. The van der Waals surface area contributed by atoms with Crippen molar-refractivity contribution in [3.05, 3.63) is 51.7 Å². The minimum atomic E-state index is 0.167. The highest BCUT2D eigenvalue weighted by Crippen LogP contribution is 2.18. The Labute approximate surface area is 124 Å². The van der Waals surface area contributed by atoms with Gasteiger partial charge in [0.15, 0.2) is 0 Å². The number of nitrogens with two attached hydrogens (primary N) is 1. The normalized spacial score (nSPS) is 10.5. The molecule has 0 saturated heterocycles. The quantitative estimate of drug-likeness (QED) is 0.859. The summed E-state index contributed by atoms with van der Waals surface area (Å²) in [5.41, 5.74) is 8.85. The summed E-state index contributed by atoms with van der Waals surface area (Å²) in [6, 6.07) is 9.81. The summed E-state index contributed by atoms with van der Waals surface area (Å²) in [5, 5.41) is 2.07. The molecule has 0 aliphatic carbocycles. The smallest absolute Gasteiger partial charge is 0.222 e. The number of amides is 1. The van der Waals surface area contributed by atoms with Crippen LogP contribution in [0.2, 0.25) is 0 Å². The van der Waals surface area contributed by atoms with Crippen molar-refractivity contribution in [3.63, 3.8) is 0 Å². The lowest BCUT2D eigenvalue weighted by atomic mass is 10.1. The average Bonchev–Trinajstić information content (AvgIpc) is 2.81. The summed E-state index contributed by atoms with van der Waals surface area (Å²) in [6.45, 7) is 2.77. The van der Waals surface area contributed by atoms with Crippen LogP contribution in [0.15, 0.2) is 35.7 Å². The van der Waals surface area contributed by atoms with Crippen molar-refractivity contribution in [2.75, 3.05) is 12.8 Å². The molecule has 1 amide bonds. The van der Waals surface area contributed by atoms with E-state index >= 15 is 0 Å². The summed E-state index contributed by atoms with van der Waals surface area (Å²) in [7, 11) is 1.86. The first kappa shape index (κ1) is 14.6. The fraction of sp³-hybridized carbons (Fsp3) is 0.312. The van der Waals surface area contributed by atoms with Crippen molar-refractivity contribution in [1.29, 1.82) is 0 Å². The Balaban J connectivity index is 1.87. The topological polar surface area (TPSA) is 46.3 Å². The van der Waals surface area contributed by atoms with E-state index in [4.69, 9.17) is 5.73 Å². The van der Waals surface area contributed by atoms with E-state index in [2.05, 4.69) is 18.4 Å². The van der Waals surface area contributed by atoms with Crippen LogP contribution < -0.4 is 5.73 Å². The van der Waals surface area contributed by atoms with Gasteiger partial charge in [0.25, 0.3) is 0 Å². The number of carbonyl (C=O) groups excluding carboxylic acids is 1. The first-order valence-corrected chi connectivity index (χ1v) is 7.55. The second-order valence-corrected chi connectivity index (χ2v) is 6.02. The van der Waals surface area contributed by atoms with Crippen LogP contribution >= 0.6 is 11.3 Å². The molecule has 3 nitrogen and oxygen atoms in total. The van der Waals surface area contributed by atoms with Gasteiger partial charge in [-0.2, -0.15) is 0 Å². The van der Waals surface area contributed by atoms with Gasteiger partial charge >= 0.3 is 0 Å². The van der Waals surface area contributed by atoms with Crippen LogP contribution in [0.5, 0.6) is 0 Å². The molecule has 1 aromatic carbocycles. The first-order chi connectivity index (χ1) is 9.56. The van der Waals surface area contributed by atoms with E-state index in [0.29, 0.717) is 13.0 Å². The molecule has 0 atom stereocenters. The molecular weight excluding hydrogens is 268 g/mol. The van der Waals surface area contributed by atoms with Gasteiger partial charge in [-0.25, -0.2) is 0 Å². The van der Waals surface area contributed by atoms with Gasteiger partial charge in [-0.3, -0.25) is 4.79 Å². The molecule has 4 heteroatoms. The van der Waals surface area contributed by atoms with Crippen LogP contribution in [-0.2, 0) is 17.8 Å². The second kappa shape index (κ2) is 6.57. The Morgan fingerprint density at radius 3 is 2.80 bits per heavy atom. The molecule has 2 rings (SSSR count). The van der Waals surface area contributed by atoms with E-state index in [1.807, 2.05) is 31.3 Å². The molecule has 20 heavy (non-hydrogen) atoms. The van der Waals surface area contributed by atoms with E-state index in [0.717, 1.165) is 17.7 Å². The van der Waals surface area contributed by atoms with Gasteiger partial charge in [0.1, 0.15) is 0 Å². The van der Waals surface area contributed by atoms with E-state index in [1.165, 1.54) is 10.4 Å². The molecule has 0 spiro atoms. The maximum Gasteiger partial charge on any atom is 0.222 e. The third kappa shape index (κ3) is 3.84. The molecule has 2 N–H and O–H groups in total. The number of aryl methyl sites for hydroxylation is 2. The van der Waals surface area contributed by atoms with Crippen LogP contribution in [-0.4, -0.2) is 17.9 Å². The standard InChI is InChI=1S/C16H20N2OS/c1-12-8-9-20-15(12)11-18(2)16(19)7-6-13-4-3-5-14(17)10-13/h3-5,8-10H,6-7,11,17H2,1-2H3. The number of rotatable bonds is 5. The van der Waals surface area contributed by atoms with Gasteiger partial charge in [-0.15, -0.1) is 11.3 Å². The molecule has 0 bridgehead atoms. The lowest BCUT2D eigenvalue weighted by molar-refractivity contribution is -0.130. The highest BCUT2D eigenvalue weighted by atomic mass is 32.1. The van der Waals surface area contributed by atoms with Gasteiger partial charge in [0.2, 0.25) is 5.91 Å². The van der Waals surface area contributed by atoms with Crippen molar-refractivity contribution in [1.82, 2.24) is 4.90 Å². The zero-order chi connectivity index (χ0) is 14.5. The fourth-order valence-electron chi connectivity index (χ4n) is 2.06. The highest BCUT2D eigenvalue weighted by molar-refractivity contribution is 7.10. The average molecular weight is 288 g/mol. The van der Waals surface area contributed by atoms with Gasteiger partial charge in [0, 0.05) is 24.0 Å². The Hall–Kier alpha value is -1.81. The van der Waals surface area contributed by atoms with E-state index in [9.17, 15) is 4.79 Å². The Morgan fingerprint density at radius 2 is 2.15 bits per heavy atom. The van der Waals surface area contributed by atoms with Crippen molar-refractivity contribution < 1.29 is 4.79 Å². The zero-order valence-electron chi connectivity index (χ0n) is 11.9. The van der Waals surface area contributed by atoms with E-state index in [1.54, 1.807) is 16.2 Å². The molecule has 0 fully saturated rings. The summed E-state index contributed by atoms with van der Waals surface area (Å²) >= 11 is 1.70. The SMILES string of the molecule is Cc1ccsc1CN(C)C(=O)CCc1cccc(N)c1. The molecule has 2 aromatic rings. The summed E-state index contributed by atoms with van der Waals surface area (Å²) in [5.74, 6) is 0.167. The van der Waals surface area contributed by atoms with Crippen LogP contribution in [0, 0.1) is 6.92 Å². The summed E-state index contributed by atoms with van der Waals surface area (Å²) in [6.07, 6.45) is 1.25. The number of benzene rings is 1. The van der Waals surface area contributed by atoms with Crippen LogP contribution in [0.1, 0.15) is 22.4 Å². The zero-order valence-corrected chi connectivity index (χ0v) is 12.7. The van der Waals surface area contributed by atoms with Crippen molar-refractivity contribution >= 4 is 22.9 Å². The lowest BCUT2D eigenvalue weighted by Crippen LogP contribution is -2.26. The first-order valence-electron chi connectivity index (χ1n) is 6.67. The van der Waals surface area contributed by atoms with Gasteiger partial charge in [0.05, 0.1) is 6.54 Å². The second-order valence-electron chi connectivity index (χ2n) is 5.02. The molecule has 0 saturated carbocycles. The summed E-state index contributed by atoms with van der Waals surface area (Å²) < 4.78 is 0. The Bertz CT molecular complexity index is 592. The minimum absolute atomic E-state index is 0.167. The Morgan fingerprint density at radius 1 is 1.35 bits per heavy atom. The molecule has 0 aliphatic rings. The van der Waals surface area contributed by atoms with Gasteiger partial charge < -0.3 is 10.6 Å². The predicted molar refractivity (Wildman–Crippen MR) is 84.7 cm³/mol. The van der Waals surface area contributed by atoms with Crippen molar-refractivity contribution in [3.8, 4) is 0 Å². The van der Waals surface area contributed by atoms with Gasteiger partial charge in [-0.05, 0) is 48.1 Å². The fourth-order valence-corrected chi connectivity index (χ4v) is 3.02. The molecule has 1 aromatic heterocycles. The van der Waals surface area contributed by atoms with E-state index in [-0.39, 0.29) is 5.91 Å². The third-order valence-corrected chi connectivity index (χ3v) is 4.36. The maximum absolute atomic E-state index is 12.1. The number of carbonyl (C=O) groups is 1. The molecule has 0 aliphatic heterocycles. The molecule has 1 heterocycles. The maximum atomic E-state index is 12.1. The van der Waals surface area contributed by atoms with Crippen molar-refractivity contribution in [2.24, 2.45) is 0 Å². The molecule has 0 radical (unpaired) electrons. The van der Waals surface area contributed by atoms with E-state index < -0.39 is 0 Å². The number of nitrogens with zero attached hydrogens (tertiary/aromatic N) is 1. The van der Waals surface area contributed by atoms with Crippen molar-refractivity contribution in [2.45, 2.75) is 26.3 Å². The van der Waals surface area contributed by atoms with Crippen LogP contribution in [0.3, 0.4) is 0 Å². The van der Waals surface area contributed by atoms with Crippen LogP contribution in [0.25, 0.3) is 0 Å². The van der Waals surface area contributed by atoms with Gasteiger partial charge in [-0.1, -0.05) is 12.1 Å². The predicted octanol–water partition coefficient (Wildman–Crippen LogP) is 3.23. The monoisotopic (exact) mass is 288 g/mol. The lowest BCUT2D eigenvalue weighted by Gasteiger charge is -2.17.